The van der Waals surface area contributed by atoms with Crippen LogP contribution in [0, 0.1) is 17.8 Å². The molecule has 0 aliphatic heterocycles. The number of rotatable bonds is 8. The molecule has 2 aliphatic carbocycles. The highest BCUT2D eigenvalue weighted by molar-refractivity contribution is 8.00. The minimum Gasteiger partial charge on any atom is -0.269 e. The molecule has 2 aliphatic rings. The summed E-state index contributed by atoms with van der Waals surface area (Å²) in [5.74, 6) is 3.18. The number of hydrogen-bond donors (Lipinski definition) is 0. The quantitative estimate of drug-likeness (QED) is 0.277. The molecule has 180 valence electrons. The third-order valence-corrected chi connectivity index (χ3v) is 8.14. The summed E-state index contributed by atoms with van der Waals surface area (Å²) in [4.78, 5) is 1.47. The van der Waals surface area contributed by atoms with Gasteiger partial charge in [-0.1, -0.05) is 70.1 Å². The van der Waals surface area contributed by atoms with Gasteiger partial charge in [-0.3, -0.25) is 23.5 Å². The average molecular weight is 459 g/mol. The van der Waals surface area contributed by atoms with E-state index in [0.717, 1.165) is 23.0 Å². The molecule has 0 spiro atoms. The Morgan fingerprint density at radius 2 is 1.20 bits per heavy atom. The molecule has 1 aromatic rings. The van der Waals surface area contributed by atoms with Crippen molar-refractivity contribution in [3.63, 3.8) is 0 Å². The lowest BCUT2D eigenvalue weighted by molar-refractivity contribution is 0.164. The van der Waals surface area contributed by atoms with Crippen LogP contribution in [0.4, 0.5) is 23.5 Å². The first-order chi connectivity index (χ1) is 12.3. The third-order valence-electron chi connectivity index (χ3n) is 6.79. The first-order valence-electron chi connectivity index (χ1n) is 11.1. The van der Waals surface area contributed by atoms with Gasteiger partial charge in [-0.2, -0.15) is 0 Å². The van der Waals surface area contributed by atoms with Gasteiger partial charge in [-0.25, -0.2) is 0 Å². The molecule has 2 fully saturated rings. The molecule has 0 saturated heterocycles. The van der Waals surface area contributed by atoms with E-state index in [9.17, 15) is 0 Å². The Hall–Kier alpha value is -0.780. The van der Waals surface area contributed by atoms with E-state index in [0.29, 0.717) is 0 Å². The maximum Gasteiger partial charge on any atom is 0.00946 e. The maximum atomic E-state index is 2.32. The van der Waals surface area contributed by atoms with Gasteiger partial charge in [0.1, 0.15) is 0 Å². The predicted molar refractivity (Wildman–Crippen MR) is 125 cm³/mol. The largest absolute Gasteiger partial charge is 0.269 e. The van der Waals surface area contributed by atoms with Crippen molar-refractivity contribution in [2.75, 3.05) is 0 Å². The van der Waals surface area contributed by atoms with Crippen molar-refractivity contribution in [2.45, 2.75) is 101 Å². The van der Waals surface area contributed by atoms with Crippen LogP contribution < -0.4 is 0 Å². The van der Waals surface area contributed by atoms with Crippen molar-refractivity contribution < 1.29 is 23.5 Å². The standard InChI is InChI=1S/C24H38S.5FH/c1-2-3-4-6-9-20-12-14-21(15-13-20)22-16-18-24(19-17-22)25-23-10-7-5-8-11-23;;;;;/h5,7-8,10-11,20-22,24H,2-4,6,9,12-19H2,1H3;5*1H. The SMILES string of the molecule is CCCCCCC1CCC(C2CCC(Sc3ccccc3)CC2)CC1.F.F.F.F.F. The molecular formula is C24H43F5S. The van der Waals surface area contributed by atoms with Crippen molar-refractivity contribution in [1.29, 1.82) is 0 Å². The van der Waals surface area contributed by atoms with E-state index >= 15 is 0 Å². The van der Waals surface area contributed by atoms with Crippen LogP contribution in [0.5, 0.6) is 0 Å². The van der Waals surface area contributed by atoms with Crippen molar-refractivity contribution in [1.82, 2.24) is 0 Å². The minimum absolute atomic E-state index is 0. The highest BCUT2D eigenvalue weighted by Crippen LogP contribution is 2.44. The summed E-state index contributed by atoms with van der Waals surface area (Å²) >= 11 is 2.13. The lowest BCUT2D eigenvalue weighted by atomic mass is 9.70. The lowest BCUT2D eigenvalue weighted by Crippen LogP contribution is -2.26. The van der Waals surface area contributed by atoms with E-state index in [-0.39, 0.29) is 23.5 Å². The minimum atomic E-state index is 0. The smallest absolute Gasteiger partial charge is 0.00946 e. The fraction of sp³-hybridized carbons (Fsp3) is 0.750. The van der Waals surface area contributed by atoms with E-state index in [1.165, 1.54) is 75.5 Å². The Bertz CT molecular complexity index is 472. The Labute approximate surface area is 184 Å². The van der Waals surface area contributed by atoms with E-state index in [1.807, 2.05) is 0 Å². The van der Waals surface area contributed by atoms with Gasteiger partial charge < -0.3 is 0 Å². The van der Waals surface area contributed by atoms with Gasteiger partial charge in [0.15, 0.2) is 0 Å². The van der Waals surface area contributed by atoms with Crippen LogP contribution in [0.1, 0.15) is 90.4 Å². The Morgan fingerprint density at radius 1 is 0.667 bits per heavy atom. The van der Waals surface area contributed by atoms with Crippen molar-refractivity contribution in [3.05, 3.63) is 30.3 Å². The molecule has 0 nitrogen and oxygen atoms in total. The molecule has 2 saturated carbocycles. The molecule has 1 aromatic carbocycles. The Kier molecular flexibility index (Phi) is 21.4. The van der Waals surface area contributed by atoms with Gasteiger partial charge in [-0.05, 0) is 68.4 Å². The van der Waals surface area contributed by atoms with E-state index < -0.39 is 0 Å². The van der Waals surface area contributed by atoms with Crippen LogP contribution in [0.2, 0.25) is 0 Å². The summed E-state index contributed by atoms with van der Waals surface area (Å²) < 4.78 is 0. The summed E-state index contributed by atoms with van der Waals surface area (Å²) in [5, 5.41) is 0.869. The van der Waals surface area contributed by atoms with Gasteiger partial charge >= 0.3 is 0 Å². The average Bonchev–Trinajstić information content (AvgIpc) is 2.67. The molecule has 6 heteroatoms. The lowest BCUT2D eigenvalue weighted by Gasteiger charge is -2.37. The first-order valence-corrected chi connectivity index (χ1v) is 11.9. The molecule has 3 rings (SSSR count). The predicted octanol–water partition coefficient (Wildman–Crippen LogP) is 8.88. The zero-order valence-electron chi connectivity index (χ0n) is 18.3. The molecule has 0 amide bonds. The summed E-state index contributed by atoms with van der Waals surface area (Å²) in [5.41, 5.74) is 0. The van der Waals surface area contributed by atoms with Crippen molar-refractivity contribution in [2.24, 2.45) is 17.8 Å². The number of benzene rings is 1. The van der Waals surface area contributed by atoms with Gasteiger partial charge in [-0.15, -0.1) is 11.8 Å². The van der Waals surface area contributed by atoms with Crippen LogP contribution in [0.25, 0.3) is 0 Å². The number of unbranched alkanes of at least 4 members (excludes halogenated alkanes) is 3. The van der Waals surface area contributed by atoms with Crippen molar-refractivity contribution in [3.8, 4) is 0 Å². The summed E-state index contributed by atoms with van der Waals surface area (Å²) in [6, 6.07) is 11.0. The topological polar surface area (TPSA) is 0 Å². The summed E-state index contributed by atoms with van der Waals surface area (Å²) in [6.45, 7) is 2.32. The zero-order valence-corrected chi connectivity index (χ0v) is 19.2. The second kappa shape index (κ2) is 18.9. The van der Waals surface area contributed by atoms with Gasteiger partial charge in [0, 0.05) is 10.1 Å². The second-order valence-electron chi connectivity index (χ2n) is 8.60. The molecule has 0 N–H and O–H groups in total. The highest BCUT2D eigenvalue weighted by Gasteiger charge is 2.30. The molecule has 30 heavy (non-hydrogen) atoms. The van der Waals surface area contributed by atoms with Gasteiger partial charge in [0.2, 0.25) is 0 Å². The number of thioether (sulfide) groups is 1. The number of halogens is 5. The molecule has 0 unspecified atom stereocenters. The first kappa shape index (κ1) is 33.8. The van der Waals surface area contributed by atoms with E-state index in [1.54, 1.807) is 12.8 Å². The Morgan fingerprint density at radius 3 is 1.73 bits per heavy atom. The third kappa shape index (κ3) is 11.0. The fourth-order valence-corrected chi connectivity index (χ4v) is 6.38. The van der Waals surface area contributed by atoms with Crippen molar-refractivity contribution >= 4 is 11.8 Å². The summed E-state index contributed by atoms with van der Waals surface area (Å²) in [7, 11) is 0. The molecule has 0 bridgehead atoms. The molecule has 0 heterocycles. The fourth-order valence-electron chi connectivity index (χ4n) is 5.18. The molecular weight excluding hydrogens is 415 g/mol. The van der Waals surface area contributed by atoms with Gasteiger partial charge in [0.05, 0.1) is 0 Å². The van der Waals surface area contributed by atoms with Crippen LogP contribution in [0.15, 0.2) is 35.2 Å². The Balaban J connectivity index is -0.00000146. The van der Waals surface area contributed by atoms with Gasteiger partial charge in [0.25, 0.3) is 0 Å². The normalized spacial score (nSPS) is 25.2. The molecule has 0 aromatic heterocycles. The monoisotopic (exact) mass is 458 g/mol. The van der Waals surface area contributed by atoms with Crippen LogP contribution in [-0.2, 0) is 0 Å². The molecule has 0 atom stereocenters. The highest BCUT2D eigenvalue weighted by atomic mass is 32.2. The number of hydrogen-bond acceptors (Lipinski definition) is 1. The van der Waals surface area contributed by atoms with Crippen LogP contribution in [-0.4, -0.2) is 5.25 Å². The molecule has 0 radical (unpaired) electrons. The zero-order chi connectivity index (χ0) is 17.3. The summed E-state index contributed by atoms with van der Waals surface area (Å²) in [6.07, 6.45) is 19.3. The van der Waals surface area contributed by atoms with E-state index in [4.69, 9.17) is 0 Å². The van der Waals surface area contributed by atoms with Crippen LogP contribution in [0.3, 0.4) is 0 Å². The van der Waals surface area contributed by atoms with Crippen LogP contribution >= 0.6 is 11.8 Å². The maximum absolute atomic E-state index is 2.32. The van der Waals surface area contributed by atoms with E-state index in [2.05, 4.69) is 49.0 Å². The second-order valence-corrected chi connectivity index (χ2v) is 9.97.